The fourth-order valence-electron chi connectivity index (χ4n) is 2.50. The Morgan fingerprint density at radius 2 is 2.23 bits per heavy atom. The van der Waals surface area contributed by atoms with Crippen LogP contribution < -0.4 is 0 Å². The van der Waals surface area contributed by atoms with E-state index >= 15 is 0 Å². The molecule has 1 unspecified atom stereocenters. The van der Waals surface area contributed by atoms with Gasteiger partial charge in [-0.25, -0.2) is 0 Å². The lowest BCUT2D eigenvalue weighted by Gasteiger charge is -2.08. The first-order valence-electron chi connectivity index (χ1n) is 7.16. The average Bonchev–Trinajstić information content (AvgIpc) is 3.23. The van der Waals surface area contributed by atoms with Gasteiger partial charge in [0.25, 0.3) is 0 Å². The molecule has 1 saturated carbocycles. The summed E-state index contributed by atoms with van der Waals surface area (Å²) in [5.74, 6) is 0.954. The van der Waals surface area contributed by atoms with Gasteiger partial charge in [-0.2, -0.15) is 0 Å². The van der Waals surface area contributed by atoms with Crippen molar-refractivity contribution in [2.24, 2.45) is 0 Å². The first-order valence-corrected chi connectivity index (χ1v) is 8.76. The van der Waals surface area contributed by atoms with E-state index in [0.717, 1.165) is 22.9 Å². The second kappa shape index (κ2) is 6.38. The van der Waals surface area contributed by atoms with E-state index in [2.05, 4.69) is 21.1 Å². The first kappa shape index (κ1) is 15.5. The summed E-state index contributed by atoms with van der Waals surface area (Å²) in [7, 11) is 0. The number of carbonyl (C=O) groups excluding carboxylic acids is 1. The molecular weight excluding hydrogens is 366 g/mol. The molecule has 1 heterocycles. The Labute approximate surface area is 140 Å². The van der Waals surface area contributed by atoms with E-state index in [-0.39, 0.29) is 11.0 Å². The van der Waals surface area contributed by atoms with E-state index in [9.17, 15) is 9.00 Å². The van der Waals surface area contributed by atoms with Crippen molar-refractivity contribution < 1.29 is 13.5 Å². The standard InChI is InChI=1S/C16H15BrNO3S/c1-9(22-20)6-11-7-12(17)4-5-13(11)15(19)14-8-18-21-16(14)10-2-3-10/h4-5,7-10H,2-3,6H2,1H3/q+1. The molecule has 0 spiro atoms. The summed E-state index contributed by atoms with van der Waals surface area (Å²) in [6.45, 7) is 1.86. The normalized spacial score (nSPS) is 15.5. The average molecular weight is 381 g/mol. The van der Waals surface area contributed by atoms with E-state index in [1.807, 2.05) is 19.1 Å². The monoisotopic (exact) mass is 380 g/mol. The van der Waals surface area contributed by atoms with Gasteiger partial charge in [0.15, 0.2) is 11.5 Å². The minimum atomic E-state index is -0.0915. The van der Waals surface area contributed by atoms with Crippen molar-refractivity contribution in [1.29, 1.82) is 0 Å². The molecule has 0 aliphatic heterocycles. The number of aromatic nitrogens is 1. The summed E-state index contributed by atoms with van der Waals surface area (Å²) in [6, 6.07) is 5.55. The summed E-state index contributed by atoms with van der Waals surface area (Å²) >= 11 is 3.98. The third-order valence-electron chi connectivity index (χ3n) is 3.77. The molecule has 1 fully saturated rings. The van der Waals surface area contributed by atoms with E-state index in [1.165, 1.54) is 6.20 Å². The van der Waals surface area contributed by atoms with E-state index < -0.39 is 0 Å². The van der Waals surface area contributed by atoms with Crippen LogP contribution in [0.5, 0.6) is 0 Å². The number of hydrogen-bond donors (Lipinski definition) is 0. The van der Waals surface area contributed by atoms with Gasteiger partial charge in [0.05, 0.1) is 11.8 Å². The molecule has 3 rings (SSSR count). The lowest BCUT2D eigenvalue weighted by molar-refractivity contribution is 0.103. The maximum Gasteiger partial charge on any atom is 0.462 e. The second-order valence-corrected chi connectivity index (χ2v) is 7.53. The summed E-state index contributed by atoms with van der Waals surface area (Å²) in [5.41, 5.74) is 2.04. The third kappa shape index (κ3) is 3.17. The van der Waals surface area contributed by atoms with Crippen LogP contribution >= 0.6 is 15.9 Å². The van der Waals surface area contributed by atoms with Gasteiger partial charge in [0.1, 0.15) is 0 Å². The van der Waals surface area contributed by atoms with Crippen LogP contribution in [-0.4, -0.2) is 16.2 Å². The molecule has 0 N–H and O–H groups in total. The van der Waals surface area contributed by atoms with Crippen molar-refractivity contribution in [3.63, 3.8) is 0 Å². The quantitative estimate of drug-likeness (QED) is 0.563. The minimum absolute atomic E-state index is 0.0752. The smallest absolute Gasteiger partial charge is 0.360 e. The van der Waals surface area contributed by atoms with Crippen LogP contribution in [0.1, 0.15) is 52.9 Å². The number of benzene rings is 1. The van der Waals surface area contributed by atoms with Crippen LogP contribution in [-0.2, 0) is 22.3 Å². The summed E-state index contributed by atoms with van der Waals surface area (Å²) in [4.78, 5) is 12.9. The Morgan fingerprint density at radius 3 is 2.91 bits per heavy atom. The van der Waals surface area contributed by atoms with Crippen LogP contribution in [0.2, 0.25) is 0 Å². The van der Waals surface area contributed by atoms with Crippen molar-refractivity contribution in [1.82, 2.24) is 5.16 Å². The first-order chi connectivity index (χ1) is 10.6. The Morgan fingerprint density at radius 1 is 1.45 bits per heavy atom. The highest BCUT2D eigenvalue weighted by Crippen LogP contribution is 2.42. The maximum absolute atomic E-state index is 12.9. The molecule has 1 aliphatic carbocycles. The lowest BCUT2D eigenvalue weighted by atomic mass is 9.95. The van der Waals surface area contributed by atoms with Crippen molar-refractivity contribution in [3.8, 4) is 0 Å². The van der Waals surface area contributed by atoms with Crippen molar-refractivity contribution >= 4 is 33.4 Å². The SMILES string of the molecule is CC(Cc1cc(Br)ccc1C(=O)c1cnoc1C1CC1)[S+]=O. The molecule has 0 radical (unpaired) electrons. The predicted molar refractivity (Wildman–Crippen MR) is 87.3 cm³/mol. The molecular formula is C16H15BrNO3S+. The lowest BCUT2D eigenvalue weighted by Crippen LogP contribution is -2.11. The fraction of sp³-hybridized carbons (Fsp3) is 0.375. The highest BCUT2D eigenvalue weighted by Gasteiger charge is 2.33. The van der Waals surface area contributed by atoms with Gasteiger partial charge in [0, 0.05) is 26.6 Å². The maximum atomic E-state index is 12.9. The number of ketones is 1. The number of rotatable bonds is 6. The van der Waals surface area contributed by atoms with Gasteiger partial charge < -0.3 is 4.52 Å². The zero-order valence-corrected chi connectivity index (χ0v) is 14.4. The van der Waals surface area contributed by atoms with Crippen LogP contribution in [0, 0.1) is 0 Å². The molecule has 2 aromatic rings. The molecule has 0 bridgehead atoms. The molecule has 1 aromatic carbocycles. The van der Waals surface area contributed by atoms with Crippen molar-refractivity contribution in [2.45, 2.75) is 37.4 Å². The number of nitrogens with zero attached hydrogens (tertiary/aromatic N) is 1. The molecule has 4 nitrogen and oxygen atoms in total. The Kier molecular flexibility index (Phi) is 4.49. The van der Waals surface area contributed by atoms with Crippen molar-refractivity contribution in [2.75, 3.05) is 0 Å². The molecule has 6 heteroatoms. The number of halogens is 1. The third-order valence-corrected chi connectivity index (χ3v) is 4.76. The van der Waals surface area contributed by atoms with Crippen LogP contribution in [0.4, 0.5) is 0 Å². The van der Waals surface area contributed by atoms with Crippen LogP contribution in [0.25, 0.3) is 0 Å². The van der Waals surface area contributed by atoms with E-state index in [4.69, 9.17) is 4.52 Å². The van der Waals surface area contributed by atoms with E-state index in [1.54, 1.807) is 6.07 Å². The minimum Gasteiger partial charge on any atom is -0.360 e. The zero-order valence-electron chi connectivity index (χ0n) is 12.0. The topological polar surface area (TPSA) is 60.2 Å². The van der Waals surface area contributed by atoms with Gasteiger partial charge in [-0.3, -0.25) is 4.79 Å². The van der Waals surface area contributed by atoms with Gasteiger partial charge in [-0.05, 0) is 43.5 Å². The second-order valence-electron chi connectivity index (χ2n) is 5.62. The Balaban J connectivity index is 1.97. The Hall–Kier alpha value is -1.40. The number of hydrogen-bond acceptors (Lipinski definition) is 4. The fourth-order valence-corrected chi connectivity index (χ4v) is 3.16. The highest BCUT2D eigenvalue weighted by atomic mass is 79.9. The molecule has 114 valence electrons. The van der Waals surface area contributed by atoms with Gasteiger partial charge >= 0.3 is 11.7 Å². The molecule has 1 atom stereocenters. The summed E-state index contributed by atoms with van der Waals surface area (Å²) < 4.78 is 17.1. The predicted octanol–water partition coefficient (Wildman–Crippen LogP) is 3.90. The Bertz CT molecular complexity index is 724. The largest absolute Gasteiger partial charge is 0.462 e. The molecule has 0 amide bonds. The number of carbonyl (C=O) groups is 1. The molecule has 1 aromatic heterocycles. The van der Waals surface area contributed by atoms with Crippen LogP contribution in [0.3, 0.4) is 0 Å². The molecule has 1 aliphatic rings. The highest BCUT2D eigenvalue weighted by molar-refractivity contribution is 9.10. The molecule has 0 saturated heterocycles. The van der Waals surface area contributed by atoms with Gasteiger partial charge in [0.2, 0.25) is 5.25 Å². The van der Waals surface area contributed by atoms with E-state index in [0.29, 0.717) is 40.9 Å². The summed E-state index contributed by atoms with van der Waals surface area (Å²) in [6.07, 6.45) is 4.16. The zero-order chi connectivity index (χ0) is 15.7. The van der Waals surface area contributed by atoms with Gasteiger partial charge in [-0.1, -0.05) is 21.1 Å². The van der Waals surface area contributed by atoms with Gasteiger partial charge in [-0.15, -0.1) is 0 Å². The van der Waals surface area contributed by atoms with Crippen LogP contribution in [0.15, 0.2) is 33.4 Å². The van der Waals surface area contributed by atoms with Crippen molar-refractivity contribution in [3.05, 3.63) is 51.3 Å². The molecule has 22 heavy (non-hydrogen) atoms. The summed E-state index contributed by atoms with van der Waals surface area (Å²) in [5, 5.41) is 3.70.